The first kappa shape index (κ1) is 17.0. The van der Waals surface area contributed by atoms with Crippen LogP contribution in [0.4, 0.5) is 11.4 Å². The molecular formula is C19H22BrN3O. The Morgan fingerprint density at radius 2 is 1.83 bits per heavy atom. The number of carbonyl (C=O) groups excluding carboxylic acids is 1. The fourth-order valence-electron chi connectivity index (χ4n) is 2.96. The Bertz CT molecular complexity index is 732. The van der Waals surface area contributed by atoms with E-state index in [0.29, 0.717) is 12.1 Å². The van der Waals surface area contributed by atoms with Crippen molar-refractivity contribution >= 4 is 33.2 Å². The normalized spacial score (nSPS) is 14.0. The third kappa shape index (κ3) is 3.62. The van der Waals surface area contributed by atoms with Gasteiger partial charge in [-0.2, -0.15) is 0 Å². The van der Waals surface area contributed by atoms with E-state index < -0.39 is 0 Å². The van der Waals surface area contributed by atoms with Crippen LogP contribution in [0.5, 0.6) is 0 Å². The van der Waals surface area contributed by atoms with Crippen LogP contribution in [0, 0.1) is 0 Å². The van der Waals surface area contributed by atoms with Crippen molar-refractivity contribution in [1.29, 1.82) is 0 Å². The van der Waals surface area contributed by atoms with Crippen LogP contribution in [0.3, 0.4) is 0 Å². The molecule has 0 bridgehead atoms. The van der Waals surface area contributed by atoms with Gasteiger partial charge >= 0.3 is 0 Å². The molecule has 24 heavy (non-hydrogen) atoms. The van der Waals surface area contributed by atoms with Crippen molar-refractivity contribution < 1.29 is 4.79 Å². The molecule has 2 aromatic carbocycles. The first-order chi connectivity index (χ1) is 11.6. The number of para-hydroxylation sites is 2. The largest absolute Gasteiger partial charge is 0.367 e. The summed E-state index contributed by atoms with van der Waals surface area (Å²) in [6, 6.07) is 15.8. The van der Waals surface area contributed by atoms with Gasteiger partial charge in [0.05, 0.1) is 11.4 Å². The van der Waals surface area contributed by atoms with Crippen molar-refractivity contribution in [3.63, 3.8) is 0 Å². The molecule has 1 heterocycles. The Morgan fingerprint density at radius 1 is 1.08 bits per heavy atom. The first-order valence-corrected chi connectivity index (χ1v) is 8.91. The molecule has 1 aliphatic rings. The summed E-state index contributed by atoms with van der Waals surface area (Å²) in [5.41, 5.74) is 2.84. The fraction of sp³-hybridized carbons (Fsp3) is 0.316. The van der Waals surface area contributed by atoms with Gasteiger partial charge in [0.15, 0.2) is 0 Å². The molecule has 3 rings (SSSR count). The molecule has 0 N–H and O–H groups in total. The fourth-order valence-corrected chi connectivity index (χ4v) is 3.36. The number of amides is 1. The minimum Gasteiger partial charge on any atom is -0.367 e. The van der Waals surface area contributed by atoms with Crippen molar-refractivity contribution in [2.45, 2.75) is 0 Å². The maximum atomic E-state index is 13.0. The number of rotatable bonds is 4. The number of fused-ring (bicyclic) bond motifs is 1. The molecule has 0 aromatic heterocycles. The summed E-state index contributed by atoms with van der Waals surface area (Å²) in [5, 5.41) is 0. The second-order valence-electron chi connectivity index (χ2n) is 6.25. The van der Waals surface area contributed by atoms with Crippen LogP contribution in [0.2, 0.25) is 0 Å². The van der Waals surface area contributed by atoms with E-state index in [0.717, 1.165) is 35.5 Å². The van der Waals surface area contributed by atoms with E-state index >= 15 is 0 Å². The highest BCUT2D eigenvalue weighted by Crippen LogP contribution is 2.33. The summed E-state index contributed by atoms with van der Waals surface area (Å²) in [6.45, 7) is 3.51. The van der Waals surface area contributed by atoms with Crippen LogP contribution >= 0.6 is 15.9 Å². The Hall–Kier alpha value is -1.85. The van der Waals surface area contributed by atoms with Gasteiger partial charge in [0.25, 0.3) is 5.91 Å². The number of hydrogen-bond acceptors (Lipinski definition) is 3. The van der Waals surface area contributed by atoms with Crippen molar-refractivity contribution in [2.24, 2.45) is 0 Å². The minimum atomic E-state index is 0.0519. The maximum Gasteiger partial charge on any atom is 0.258 e. The SMILES string of the molecule is CN(C)CCN1CCN(C(=O)c2cccc(Br)c2)c2ccccc21. The molecule has 2 aromatic rings. The molecule has 1 amide bonds. The lowest BCUT2D eigenvalue weighted by Crippen LogP contribution is -2.45. The lowest BCUT2D eigenvalue weighted by molar-refractivity contribution is 0.0986. The van der Waals surface area contributed by atoms with Crippen molar-refractivity contribution in [1.82, 2.24) is 4.90 Å². The van der Waals surface area contributed by atoms with E-state index in [9.17, 15) is 4.79 Å². The molecule has 1 aliphatic heterocycles. The van der Waals surface area contributed by atoms with Crippen LogP contribution in [0.1, 0.15) is 10.4 Å². The molecule has 0 fully saturated rings. The lowest BCUT2D eigenvalue weighted by Gasteiger charge is -2.38. The van der Waals surface area contributed by atoms with Crippen LogP contribution in [0.25, 0.3) is 0 Å². The average molecular weight is 388 g/mol. The van der Waals surface area contributed by atoms with Gasteiger partial charge in [0.1, 0.15) is 0 Å². The molecule has 0 unspecified atom stereocenters. The molecule has 0 aliphatic carbocycles. The summed E-state index contributed by atoms with van der Waals surface area (Å²) in [5.74, 6) is 0.0519. The highest BCUT2D eigenvalue weighted by Gasteiger charge is 2.27. The number of benzene rings is 2. The van der Waals surface area contributed by atoms with Crippen molar-refractivity contribution in [3.8, 4) is 0 Å². The van der Waals surface area contributed by atoms with Gasteiger partial charge in [-0.1, -0.05) is 34.1 Å². The molecule has 0 saturated heterocycles. The summed E-state index contributed by atoms with van der Waals surface area (Å²) in [4.78, 5) is 19.4. The number of carbonyl (C=O) groups is 1. The second kappa shape index (κ2) is 7.36. The van der Waals surface area contributed by atoms with Gasteiger partial charge in [-0.25, -0.2) is 0 Å². The van der Waals surface area contributed by atoms with Crippen molar-refractivity contribution in [3.05, 3.63) is 58.6 Å². The summed E-state index contributed by atoms with van der Waals surface area (Å²) in [6.07, 6.45) is 0. The standard InChI is InChI=1S/C19H22BrN3O/c1-21(2)10-11-22-12-13-23(18-9-4-3-8-17(18)22)19(24)15-6-5-7-16(20)14-15/h3-9,14H,10-13H2,1-2H3. The third-order valence-electron chi connectivity index (χ3n) is 4.24. The number of hydrogen-bond donors (Lipinski definition) is 0. The third-order valence-corrected chi connectivity index (χ3v) is 4.73. The number of anilines is 2. The minimum absolute atomic E-state index is 0.0519. The highest BCUT2D eigenvalue weighted by atomic mass is 79.9. The van der Waals surface area contributed by atoms with E-state index in [1.807, 2.05) is 47.4 Å². The van der Waals surface area contributed by atoms with Crippen LogP contribution < -0.4 is 9.80 Å². The molecule has 126 valence electrons. The van der Waals surface area contributed by atoms with Gasteiger partial charge in [-0.3, -0.25) is 4.79 Å². The molecular weight excluding hydrogens is 366 g/mol. The zero-order valence-corrected chi connectivity index (χ0v) is 15.7. The van der Waals surface area contributed by atoms with Gasteiger partial charge in [-0.05, 0) is 44.4 Å². The molecule has 0 radical (unpaired) electrons. The zero-order chi connectivity index (χ0) is 17.1. The first-order valence-electron chi connectivity index (χ1n) is 8.12. The molecule has 0 atom stereocenters. The number of likely N-dealkylation sites (N-methyl/N-ethyl adjacent to an activating group) is 1. The predicted octanol–water partition coefficient (Wildman–Crippen LogP) is 3.48. The van der Waals surface area contributed by atoms with Gasteiger partial charge in [0, 0.05) is 36.2 Å². The van der Waals surface area contributed by atoms with Crippen molar-refractivity contribution in [2.75, 3.05) is 50.1 Å². The van der Waals surface area contributed by atoms with E-state index in [1.54, 1.807) is 0 Å². The molecule has 0 spiro atoms. The van der Waals surface area contributed by atoms with Crippen LogP contribution in [-0.4, -0.2) is 51.1 Å². The average Bonchev–Trinajstić information content (AvgIpc) is 2.59. The molecule has 4 nitrogen and oxygen atoms in total. The number of halogens is 1. The molecule has 0 saturated carbocycles. The quantitative estimate of drug-likeness (QED) is 0.803. The second-order valence-corrected chi connectivity index (χ2v) is 7.16. The highest BCUT2D eigenvalue weighted by molar-refractivity contribution is 9.10. The van der Waals surface area contributed by atoms with E-state index in [1.165, 1.54) is 0 Å². The van der Waals surface area contributed by atoms with E-state index in [-0.39, 0.29) is 5.91 Å². The van der Waals surface area contributed by atoms with E-state index in [2.05, 4.69) is 45.9 Å². The Labute approximate surface area is 151 Å². The van der Waals surface area contributed by atoms with Gasteiger partial charge in [-0.15, -0.1) is 0 Å². The van der Waals surface area contributed by atoms with Crippen LogP contribution in [-0.2, 0) is 0 Å². The Kier molecular flexibility index (Phi) is 5.21. The van der Waals surface area contributed by atoms with E-state index in [4.69, 9.17) is 0 Å². The summed E-state index contributed by atoms with van der Waals surface area (Å²) >= 11 is 3.45. The number of nitrogens with zero attached hydrogens (tertiary/aromatic N) is 3. The smallest absolute Gasteiger partial charge is 0.258 e. The Morgan fingerprint density at radius 3 is 2.54 bits per heavy atom. The van der Waals surface area contributed by atoms with Crippen LogP contribution in [0.15, 0.2) is 53.0 Å². The predicted molar refractivity (Wildman–Crippen MR) is 103 cm³/mol. The maximum absolute atomic E-state index is 13.0. The molecule has 5 heteroatoms. The monoisotopic (exact) mass is 387 g/mol. The van der Waals surface area contributed by atoms with Gasteiger partial charge < -0.3 is 14.7 Å². The summed E-state index contributed by atoms with van der Waals surface area (Å²) in [7, 11) is 4.16. The topological polar surface area (TPSA) is 26.8 Å². The lowest BCUT2D eigenvalue weighted by atomic mass is 10.1. The summed E-state index contributed by atoms with van der Waals surface area (Å²) < 4.78 is 0.922. The Balaban J connectivity index is 1.88. The van der Waals surface area contributed by atoms with Gasteiger partial charge in [0.2, 0.25) is 0 Å². The zero-order valence-electron chi connectivity index (χ0n) is 14.1.